The van der Waals surface area contributed by atoms with Crippen molar-refractivity contribution < 1.29 is 28.3 Å². The molecule has 0 unspecified atom stereocenters. The Balaban J connectivity index is 1.79. The summed E-state index contributed by atoms with van der Waals surface area (Å²) in [5, 5.41) is 20.9. The standard InChI is InChI=1S/C24H28F2N6O5/c1-13-7-8-37-28-14(2)32(29(3)4)19-12-30(13)24(36)20-22(34)21(33)17(11-31(19)20)23(35)27-10-15-5-6-16(25)9-18(15)26/h5-6,9,11,13,19,34H,7-8,10,12H2,1-4H3,(H,27,35)/b28-14-/t13-,19-/m0/s1. The number of nitrogens with one attached hydrogen (secondary N) is 1. The Hall–Kier alpha value is -4.00. The summed E-state index contributed by atoms with van der Waals surface area (Å²) in [7, 11) is 3.50. The lowest BCUT2D eigenvalue weighted by Gasteiger charge is -2.46. The zero-order valence-electron chi connectivity index (χ0n) is 20.9. The van der Waals surface area contributed by atoms with E-state index < -0.39 is 46.4 Å². The van der Waals surface area contributed by atoms with Gasteiger partial charge in [0, 0.05) is 50.9 Å². The van der Waals surface area contributed by atoms with Crippen LogP contribution in [0.5, 0.6) is 5.75 Å². The van der Waals surface area contributed by atoms with Crippen molar-refractivity contribution in [2.24, 2.45) is 5.16 Å². The number of aromatic hydroxyl groups is 1. The number of hydrazine groups is 1. The van der Waals surface area contributed by atoms with Gasteiger partial charge in [-0.1, -0.05) is 11.2 Å². The van der Waals surface area contributed by atoms with Gasteiger partial charge in [0.1, 0.15) is 30.0 Å². The Morgan fingerprint density at radius 2 is 2.03 bits per heavy atom. The van der Waals surface area contributed by atoms with Gasteiger partial charge in [0.05, 0.1) is 6.54 Å². The van der Waals surface area contributed by atoms with Gasteiger partial charge in [-0.15, -0.1) is 0 Å². The lowest BCUT2D eigenvalue weighted by Crippen LogP contribution is -2.57. The first-order chi connectivity index (χ1) is 17.5. The van der Waals surface area contributed by atoms with Crippen LogP contribution in [0.3, 0.4) is 0 Å². The molecule has 2 aliphatic rings. The maximum Gasteiger partial charge on any atom is 0.274 e. The van der Waals surface area contributed by atoms with E-state index in [4.69, 9.17) is 4.84 Å². The van der Waals surface area contributed by atoms with Gasteiger partial charge in [-0.3, -0.25) is 19.4 Å². The SMILES string of the molecule is C/C1=N/OCC[C@H](C)N2C[C@H](N1N(C)C)n1cc(C(=O)NCc3ccc(F)cc3F)c(=O)c(O)c1C2=O. The number of halogens is 2. The molecule has 2 N–H and O–H groups in total. The molecule has 4 rings (SSSR count). The normalized spacial score (nSPS) is 21.2. The van der Waals surface area contributed by atoms with E-state index in [9.17, 15) is 28.3 Å². The van der Waals surface area contributed by atoms with Crippen molar-refractivity contribution >= 4 is 17.6 Å². The first-order valence-corrected chi connectivity index (χ1v) is 11.7. The summed E-state index contributed by atoms with van der Waals surface area (Å²) in [6, 6.07) is 2.62. The quantitative estimate of drug-likeness (QED) is 0.632. The van der Waals surface area contributed by atoms with E-state index in [1.807, 2.05) is 6.92 Å². The van der Waals surface area contributed by atoms with Crippen molar-refractivity contribution in [1.82, 2.24) is 24.8 Å². The van der Waals surface area contributed by atoms with Gasteiger partial charge in [0.25, 0.3) is 11.8 Å². The van der Waals surface area contributed by atoms with Crippen LogP contribution in [0.15, 0.2) is 34.3 Å². The molecule has 3 heterocycles. The number of pyridine rings is 1. The van der Waals surface area contributed by atoms with Gasteiger partial charge in [-0.2, -0.15) is 0 Å². The van der Waals surface area contributed by atoms with E-state index in [1.165, 1.54) is 16.8 Å². The molecular formula is C24H28F2N6O5. The van der Waals surface area contributed by atoms with Crippen molar-refractivity contribution in [2.75, 3.05) is 27.2 Å². The second-order valence-corrected chi connectivity index (χ2v) is 9.13. The lowest BCUT2D eigenvalue weighted by atomic mass is 10.1. The van der Waals surface area contributed by atoms with Crippen LogP contribution in [0.2, 0.25) is 0 Å². The van der Waals surface area contributed by atoms with E-state index in [-0.39, 0.29) is 37.0 Å². The third kappa shape index (κ3) is 4.86. The number of fused-ring (bicyclic) bond motifs is 4. The van der Waals surface area contributed by atoms with Crippen LogP contribution in [0, 0.1) is 11.6 Å². The molecule has 2 atom stereocenters. The molecule has 0 saturated heterocycles. The van der Waals surface area contributed by atoms with Crippen molar-refractivity contribution in [3.05, 3.63) is 63.1 Å². The van der Waals surface area contributed by atoms with Crippen LogP contribution >= 0.6 is 0 Å². The summed E-state index contributed by atoms with van der Waals surface area (Å²) in [5.41, 5.74) is -1.73. The maximum absolute atomic E-state index is 14.0. The first kappa shape index (κ1) is 26.1. The molecule has 2 aromatic rings. The molecule has 37 heavy (non-hydrogen) atoms. The molecule has 198 valence electrons. The minimum Gasteiger partial charge on any atom is -0.503 e. The van der Waals surface area contributed by atoms with E-state index in [0.29, 0.717) is 18.3 Å². The smallest absolute Gasteiger partial charge is 0.274 e. The highest BCUT2D eigenvalue weighted by Crippen LogP contribution is 2.31. The molecule has 0 aliphatic carbocycles. The molecule has 1 aromatic carbocycles. The number of amidine groups is 1. The minimum absolute atomic E-state index is 0.00907. The second-order valence-electron chi connectivity index (χ2n) is 9.13. The molecule has 0 fully saturated rings. The predicted molar refractivity (Wildman–Crippen MR) is 129 cm³/mol. The van der Waals surface area contributed by atoms with Gasteiger partial charge in [-0.05, 0) is 19.9 Å². The van der Waals surface area contributed by atoms with Gasteiger partial charge < -0.3 is 24.7 Å². The topological polar surface area (TPSA) is 120 Å². The van der Waals surface area contributed by atoms with Crippen molar-refractivity contribution in [3.63, 3.8) is 0 Å². The van der Waals surface area contributed by atoms with Gasteiger partial charge in [0.2, 0.25) is 5.43 Å². The molecule has 11 nitrogen and oxygen atoms in total. The fraction of sp³-hybridized carbons (Fsp3) is 0.417. The number of aromatic nitrogens is 1. The second kappa shape index (κ2) is 10.2. The monoisotopic (exact) mass is 518 g/mol. The van der Waals surface area contributed by atoms with Crippen LogP contribution in [-0.4, -0.2) is 75.5 Å². The third-order valence-corrected chi connectivity index (χ3v) is 6.45. The third-order valence-electron chi connectivity index (χ3n) is 6.45. The summed E-state index contributed by atoms with van der Waals surface area (Å²) in [6.45, 7) is 3.65. The zero-order chi connectivity index (χ0) is 27.0. The molecule has 1 aromatic heterocycles. The summed E-state index contributed by atoms with van der Waals surface area (Å²) < 4.78 is 28.6. The largest absolute Gasteiger partial charge is 0.503 e. The van der Waals surface area contributed by atoms with E-state index in [1.54, 1.807) is 35.9 Å². The highest BCUT2D eigenvalue weighted by Gasteiger charge is 2.41. The predicted octanol–water partition coefficient (Wildman–Crippen LogP) is 1.64. The molecule has 0 spiro atoms. The van der Waals surface area contributed by atoms with Crippen molar-refractivity contribution in [2.45, 2.75) is 39.0 Å². The molecule has 2 bridgehead atoms. The summed E-state index contributed by atoms with van der Waals surface area (Å²) in [4.78, 5) is 46.4. The fourth-order valence-corrected chi connectivity index (χ4v) is 4.55. The lowest BCUT2D eigenvalue weighted by molar-refractivity contribution is -0.0233. The Morgan fingerprint density at radius 1 is 1.30 bits per heavy atom. The van der Waals surface area contributed by atoms with Crippen LogP contribution in [-0.2, 0) is 11.4 Å². The Bertz CT molecular complexity index is 1330. The number of carbonyl (C=O) groups excluding carboxylic acids is 2. The maximum atomic E-state index is 14.0. The Kier molecular flexibility index (Phi) is 7.16. The van der Waals surface area contributed by atoms with E-state index >= 15 is 0 Å². The molecule has 2 amide bonds. The van der Waals surface area contributed by atoms with Crippen LogP contribution in [0.25, 0.3) is 0 Å². The van der Waals surface area contributed by atoms with Crippen LogP contribution in [0.1, 0.15) is 52.8 Å². The summed E-state index contributed by atoms with van der Waals surface area (Å²) in [6.07, 6.45) is 0.986. The first-order valence-electron chi connectivity index (χ1n) is 11.7. The van der Waals surface area contributed by atoms with Gasteiger partial charge >= 0.3 is 0 Å². The number of rotatable bonds is 4. The van der Waals surface area contributed by atoms with Crippen molar-refractivity contribution in [3.8, 4) is 5.75 Å². The number of benzene rings is 1. The number of hydrogen-bond donors (Lipinski definition) is 2. The molecule has 0 radical (unpaired) electrons. The van der Waals surface area contributed by atoms with Crippen molar-refractivity contribution in [1.29, 1.82) is 0 Å². The molecular weight excluding hydrogens is 490 g/mol. The number of amides is 2. The van der Waals surface area contributed by atoms with Crippen LogP contribution in [0.4, 0.5) is 8.78 Å². The average molecular weight is 519 g/mol. The summed E-state index contributed by atoms with van der Waals surface area (Å²) >= 11 is 0. The van der Waals surface area contributed by atoms with Crippen LogP contribution < -0.4 is 10.7 Å². The molecule has 2 aliphatic heterocycles. The molecule has 13 heteroatoms. The van der Waals surface area contributed by atoms with Gasteiger partial charge in [-0.25, -0.2) is 13.8 Å². The van der Waals surface area contributed by atoms with E-state index in [2.05, 4.69) is 10.5 Å². The highest BCUT2D eigenvalue weighted by molar-refractivity contribution is 5.99. The number of hydrogen-bond acceptors (Lipinski definition) is 8. The van der Waals surface area contributed by atoms with E-state index in [0.717, 1.165) is 6.07 Å². The summed E-state index contributed by atoms with van der Waals surface area (Å²) in [5.74, 6) is -3.50. The zero-order valence-corrected chi connectivity index (χ0v) is 20.9. The fourth-order valence-electron chi connectivity index (χ4n) is 4.55. The minimum atomic E-state index is -1.04. The van der Waals surface area contributed by atoms with Gasteiger partial charge in [0.15, 0.2) is 17.3 Å². The Morgan fingerprint density at radius 3 is 2.70 bits per heavy atom. The average Bonchev–Trinajstić information content (AvgIpc) is 2.83. The Labute approximate surface area is 211 Å². The number of oxime groups is 1. The number of carbonyl (C=O) groups is 2. The molecule has 0 saturated carbocycles. The highest BCUT2D eigenvalue weighted by atomic mass is 19.1. The number of nitrogens with zero attached hydrogens (tertiary/aromatic N) is 5.